The van der Waals surface area contributed by atoms with E-state index in [2.05, 4.69) is 19.1 Å². The average Bonchev–Trinajstić information content (AvgIpc) is 2.73. The van der Waals surface area contributed by atoms with Gasteiger partial charge in [-0.2, -0.15) is 0 Å². The molecule has 0 unspecified atom stereocenters. The number of hydrogen-bond acceptors (Lipinski definition) is 5. The fourth-order valence-electron chi connectivity index (χ4n) is 3.75. The largest absolute Gasteiger partial charge is 0.394 e. The number of unbranched alkanes of at least 4 members (excludes halogenated alkanes) is 12. The second kappa shape index (κ2) is 18.3. The zero-order valence-corrected chi connectivity index (χ0v) is 18.6. The second-order valence-electron chi connectivity index (χ2n) is 8.38. The molecule has 172 valence electrons. The molecule has 1 saturated heterocycles. The van der Waals surface area contributed by atoms with E-state index in [1.165, 1.54) is 77.0 Å². The van der Waals surface area contributed by atoms with Crippen molar-refractivity contribution in [1.29, 1.82) is 0 Å². The Kier molecular flexibility index (Phi) is 16.8. The molecule has 3 N–H and O–H groups in total. The molecule has 1 aliphatic rings. The summed E-state index contributed by atoms with van der Waals surface area (Å²) in [5, 5.41) is 28.9. The van der Waals surface area contributed by atoms with Crippen LogP contribution in [-0.4, -0.2) is 59.6 Å². The van der Waals surface area contributed by atoms with Crippen LogP contribution in [0.25, 0.3) is 0 Å². The Morgan fingerprint density at radius 1 is 0.793 bits per heavy atom. The first kappa shape index (κ1) is 26.6. The average molecular weight is 415 g/mol. The summed E-state index contributed by atoms with van der Waals surface area (Å²) < 4.78 is 11.0. The minimum atomic E-state index is -1.08. The van der Waals surface area contributed by atoms with Gasteiger partial charge in [-0.3, -0.25) is 0 Å². The summed E-state index contributed by atoms with van der Waals surface area (Å²) in [7, 11) is 0. The predicted molar refractivity (Wildman–Crippen MR) is 118 cm³/mol. The van der Waals surface area contributed by atoms with Gasteiger partial charge < -0.3 is 24.8 Å². The summed E-state index contributed by atoms with van der Waals surface area (Å²) in [5.41, 5.74) is 0. The van der Waals surface area contributed by atoms with Crippen molar-refractivity contribution in [3.63, 3.8) is 0 Å². The molecule has 1 heterocycles. The van der Waals surface area contributed by atoms with Crippen LogP contribution in [0.15, 0.2) is 12.2 Å². The van der Waals surface area contributed by atoms with Gasteiger partial charge in [0.25, 0.3) is 0 Å². The van der Waals surface area contributed by atoms with Crippen molar-refractivity contribution >= 4 is 0 Å². The second-order valence-corrected chi connectivity index (χ2v) is 8.38. The number of hydrogen-bond donors (Lipinski definition) is 3. The van der Waals surface area contributed by atoms with E-state index in [4.69, 9.17) is 14.6 Å². The zero-order chi connectivity index (χ0) is 21.2. The summed E-state index contributed by atoms with van der Waals surface area (Å²) in [6, 6.07) is 0. The van der Waals surface area contributed by atoms with Crippen molar-refractivity contribution in [2.75, 3.05) is 19.8 Å². The Morgan fingerprint density at radius 2 is 1.34 bits per heavy atom. The molecule has 0 amide bonds. The first-order valence-electron chi connectivity index (χ1n) is 12.1. The number of rotatable bonds is 18. The summed E-state index contributed by atoms with van der Waals surface area (Å²) in [6.45, 7) is 2.76. The number of ether oxygens (including phenoxy) is 2. The third-order valence-electron chi connectivity index (χ3n) is 5.75. The molecule has 0 aromatic rings. The van der Waals surface area contributed by atoms with Gasteiger partial charge in [0, 0.05) is 6.61 Å². The van der Waals surface area contributed by atoms with Crippen LogP contribution < -0.4 is 0 Å². The molecule has 1 fully saturated rings. The Hall–Kier alpha value is -0.460. The van der Waals surface area contributed by atoms with Gasteiger partial charge in [-0.25, -0.2) is 0 Å². The Balaban J connectivity index is 1.83. The maximum Gasteiger partial charge on any atom is 0.111 e. The van der Waals surface area contributed by atoms with Crippen molar-refractivity contribution < 1.29 is 24.8 Å². The lowest BCUT2D eigenvalue weighted by Gasteiger charge is -2.36. The number of aliphatic hydroxyl groups excluding tert-OH is 3. The van der Waals surface area contributed by atoms with Crippen LogP contribution >= 0.6 is 0 Å². The van der Waals surface area contributed by atoms with Crippen LogP contribution in [0, 0.1) is 0 Å². The Morgan fingerprint density at radius 3 is 1.93 bits per heavy atom. The standard InChI is InChI=1S/C24H46O5/c1-2-3-4-5-6-7-8-9-10-11-12-13-14-15-16-17-18-28-22-20-29-21(19-25)23(26)24(22)27/h8-9,21-27H,2-7,10-20H2,1H3/b9-8+/t21-,22+,23-,24-/m1/s1. The van der Waals surface area contributed by atoms with Crippen LogP contribution in [0.2, 0.25) is 0 Å². The van der Waals surface area contributed by atoms with Crippen molar-refractivity contribution in [1.82, 2.24) is 0 Å². The third kappa shape index (κ3) is 12.7. The lowest BCUT2D eigenvalue weighted by atomic mass is 10.0. The van der Waals surface area contributed by atoms with Crippen molar-refractivity contribution in [2.24, 2.45) is 0 Å². The highest BCUT2D eigenvalue weighted by Gasteiger charge is 2.38. The molecule has 0 bridgehead atoms. The van der Waals surface area contributed by atoms with Gasteiger partial charge in [-0.15, -0.1) is 0 Å². The molecule has 0 radical (unpaired) electrons. The van der Waals surface area contributed by atoms with E-state index < -0.39 is 24.4 Å². The van der Waals surface area contributed by atoms with E-state index in [1.807, 2.05) is 0 Å². The van der Waals surface area contributed by atoms with Crippen molar-refractivity contribution in [3.05, 3.63) is 12.2 Å². The maximum atomic E-state index is 10.0. The van der Waals surface area contributed by atoms with Crippen LogP contribution in [0.3, 0.4) is 0 Å². The first-order valence-corrected chi connectivity index (χ1v) is 12.1. The third-order valence-corrected chi connectivity index (χ3v) is 5.75. The molecule has 1 aliphatic heterocycles. The SMILES string of the molecule is CCCCCCC/C=C/CCCCCCCCCO[C@H]1CO[C@H](CO)[C@@H](O)[C@@H]1O. The van der Waals surface area contributed by atoms with Gasteiger partial charge in [0.05, 0.1) is 13.2 Å². The van der Waals surface area contributed by atoms with Crippen molar-refractivity contribution in [2.45, 2.75) is 121 Å². The summed E-state index contributed by atoms with van der Waals surface area (Å²) in [5.74, 6) is 0. The summed E-state index contributed by atoms with van der Waals surface area (Å²) in [4.78, 5) is 0. The van der Waals surface area contributed by atoms with E-state index in [1.54, 1.807) is 0 Å². The minimum Gasteiger partial charge on any atom is -0.394 e. The molecular weight excluding hydrogens is 368 g/mol. The van der Waals surface area contributed by atoms with E-state index in [9.17, 15) is 10.2 Å². The van der Waals surface area contributed by atoms with Crippen LogP contribution in [0.5, 0.6) is 0 Å². The van der Waals surface area contributed by atoms with Gasteiger partial charge in [0.1, 0.15) is 24.4 Å². The molecule has 29 heavy (non-hydrogen) atoms. The maximum absolute atomic E-state index is 10.0. The van der Waals surface area contributed by atoms with Gasteiger partial charge in [0.15, 0.2) is 0 Å². The molecule has 0 aromatic carbocycles. The summed E-state index contributed by atoms with van der Waals surface area (Å²) >= 11 is 0. The predicted octanol–water partition coefficient (Wildman–Crippen LogP) is 4.52. The van der Waals surface area contributed by atoms with Gasteiger partial charge >= 0.3 is 0 Å². The molecule has 4 atom stereocenters. The highest BCUT2D eigenvalue weighted by Crippen LogP contribution is 2.18. The first-order chi connectivity index (χ1) is 14.2. The Labute approximate surface area is 178 Å². The highest BCUT2D eigenvalue weighted by atomic mass is 16.6. The van der Waals surface area contributed by atoms with Crippen LogP contribution in [-0.2, 0) is 9.47 Å². The zero-order valence-electron chi connectivity index (χ0n) is 18.6. The van der Waals surface area contributed by atoms with Crippen molar-refractivity contribution in [3.8, 4) is 0 Å². The normalized spacial score (nSPS) is 25.1. The molecule has 0 spiro atoms. The lowest BCUT2D eigenvalue weighted by molar-refractivity contribution is -0.208. The molecule has 0 saturated carbocycles. The quantitative estimate of drug-likeness (QED) is 0.227. The van der Waals surface area contributed by atoms with Crippen LogP contribution in [0.4, 0.5) is 0 Å². The van der Waals surface area contributed by atoms with Gasteiger partial charge in [0.2, 0.25) is 0 Å². The van der Waals surface area contributed by atoms with Gasteiger partial charge in [-0.1, -0.05) is 76.9 Å². The minimum absolute atomic E-state index is 0.219. The monoisotopic (exact) mass is 414 g/mol. The highest BCUT2D eigenvalue weighted by molar-refractivity contribution is 4.87. The molecular formula is C24H46O5. The van der Waals surface area contributed by atoms with Gasteiger partial charge in [-0.05, 0) is 32.1 Å². The molecule has 5 heteroatoms. The lowest BCUT2D eigenvalue weighted by Crippen LogP contribution is -2.55. The van der Waals surface area contributed by atoms with E-state index >= 15 is 0 Å². The smallest absolute Gasteiger partial charge is 0.111 e. The number of aliphatic hydroxyl groups is 3. The molecule has 5 nitrogen and oxygen atoms in total. The summed E-state index contributed by atoms with van der Waals surface area (Å²) in [6.07, 6.45) is 19.2. The molecule has 0 aliphatic carbocycles. The molecule has 0 aromatic heterocycles. The van der Waals surface area contributed by atoms with E-state index in [-0.39, 0.29) is 13.2 Å². The van der Waals surface area contributed by atoms with E-state index in [0.717, 1.165) is 12.8 Å². The fourth-order valence-corrected chi connectivity index (χ4v) is 3.75. The topological polar surface area (TPSA) is 79.2 Å². The van der Waals surface area contributed by atoms with Crippen LogP contribution in [0.1, 0.15) is 96.8 Å². The number of allylic oxidation sites excluding steroid dienone is 2. The Bertz CT molecular complexity index is 387. The fraction of sp³-hybridized carbons (Fsp3) is 0.917. The molecule has 1 rings (SSSR count). The van der Waals surface area contributed by atoms with E-state index in [0.29, 0.717) is 6.61 Å².